The highest BCUT2D eigenvalue weighted by molar-refractivity contribution is 5.89. The smallest absolute Gasteiger partial charge is 0.337 e. The van der Waals surface area contributed by atoms with E-state index in [1.54, 1.807) is 6.92 Å². The Bertz CT molecular complexity index is 583. The number of hydrogen-bond donors (Lipinski definition) is 0. The molecule has 1 saturated carbocycles. The molecule has 0 aromatic rings. The summed E-state index contributed by atoms with van der Waals surface area (Å²) in [6.07, 6.45) is 0. The molecule has 1 aliphatic carbocycles. The van der Waals surface area contributed by atoms with Crippen LogP contribution in [-0.4, -0.2) is 83.7 Å². The highest BCUT2D eigenvalue weighted by atomic mass is 19.4. The molecule has 2 fully saturated rings. The average molecular weight is 422 g/mol. The summed E-state index contributed by atoms with van der Waals surface area (Å²) in [4.78, 5) is 13.4. The fourth-order valence-electron chi connectivity index (χ4n) is 2.97. The van der Waals surface area contributed by atoms with Gasteiger partial charge in [0.15, 0.2) is 0 Å². The van der Waals surface area contributed by atoms with Gasteiger partial charge in [-0.25, -0.2) is 4.39 Å². The third kappa shape index (κ3) is 2.27. The number of amides is 1. The molecule has 1 aliphatic heterocycles. The third-order valence-electron chi connectivity index (χ3n) is 4.84. The predicted octanol–water partition coefficient (Wildman–Crippen LogP) is 3.05. The van der Waals surface area contributed by atoms with Crippen molar-refractivity contribution in [1.29, 1.82) is 0 Å². The van der Waals surface area contributed by atoms with Gasteiger partial charge in [-0.3, -0.25) is 4.79 Å². The van der Waals surface area contributed by atoms with Gasteiger partial charge in [0, 0.05) is 26.2 Å². The number of halogens is 11. The van der Waals surface area contributed by atoms with Gasteiger partial charge in [-0.15, -0.1) is 0 Å². The molecule has 2 rings (SSSR count). The molecule has 1 amide bonds. The standard InChI is InChI=1S/C13H13F11N2O/c1-2-25-3-5-26(6-4-25)7(27)8(14)9(15,16)11(19,20)13(23,24)12(21,22)10(8,17)18/h2-6H2,1H3. The first-order valence-corrected chi connectivity index (χ1v) is 7.54. The van der Waals surface area contributed by atoms with Gasteiger partial charge in [-0.2, -0.15) is 43.9 Å². The van der Waals surface area contributed by atoms with Gasteiger partial charge in [0.1, 0.15) is 0 Å². The van der Waals surface area contributed by atoms with Gasteiger partial charge >= 0.3 is 35.3 Å². The van der Waals surface area contributed by atoms with Crippen LogP contribution in [0.2, 0.25) is 0 Å². The van der Waals surface area contributed by atoms with Crippen molar-refractivity contribution in [3.8, 4) is 0 Å². The molecule has 1 saturated heterocycles. The van der Waals surface area contributed by atoms with E-state index in [1.165, 1.54) is 4.90 Å². The molecular weight excluding hydrogens is 409 g/mol. The number of nitrogens with zero attached hydrogens (tertiary/aromatic N) is 2. The summed E-state index contributed by atoms with van der Waals surface area (Å²) in [5.41, 5.74) is -6.58. The number of piperazine rings is 1. The van der Waals surface area contributed by atoms with Crippen molar-refractivity contribution in [3.63, 3.8) is 0 Å². The Kier molecular flexibility index (Phi) is 4.74. The van der Waals surface area contributed by atoms with Crippen molar-refractivity contribution in [1.82, 2.24) is 9.80 Å². The molecule has 0 spiro atoms. The lowest BCUT2D eigenvalue weighted by Crippen LogP contribution is -2.86. The Balaban J connectivity index is 2.59. The SMILES string of the molecule is CCN1CCN(C(=O)C2(F)C(F)(F)C(F)(F)C(F)(F)C(F)(F)C2(F)F)CC1. The lowest BCUT2D eigenvalue weighted by Gasteiger charge is -2.52. The van der Waals surface area contributed by atoms with Gasteiger partial charge in [0.2, 0.25) is 0 Å². The zero-order chi connectivity index (χ0) is 21.3. The van der Waals surface area contributed by atoms with Crippen molar-refractivity contribution >= 4 is 5.91 Å². The summed E-state index contributed by atoms with van der Waals surface area (Å²) in [6.45, 7) is 0.144. The summed E-state index contributed by atoms with van der Waals surface area (Å²) >= 11 is 0. The fraction of sp³-hybridized carbons (Fsp3) is 0.923. The van der Waals surface area contributed by atoms with Crippen LogP contribution in [0.25, 0.3) is 0 Å². The second kappa shape index (κ2) is 5.83. The van der Waals surface area contributed by atoms with E-state index in [-0.39, 0.29) is 18.0 Å². The highest BCUT2D eigenvalue weighted by Gasteiger charge is 3.03. The minimum absolute atomic E-state index is 0.0798. The second-order valence-electron chi connectivity index (χ2n) is 6.26. The molecule has 0 atom stereocenters. The zero-order valence-corrected chi connectivity index (χ0v) is 13.5. The topological polar surface area (TPSA) is 23.6 Å². The van der Waals surface area contributed by atoms with Crippen LogP contribution in [0.1, 0.15) is 6.92 Å². The molecular formula is C13H13F11N2O. The maximum absolute atomic E-state index is 14.6. The van der Waals surface area contributed by atoms with Crippen LogP contribution in [0.15, 0.2) is 0 Å². The Morgan fingerprint density at radius 1 is 0.667 bits per heavy atom. The average Bonchev–Trinajstić information content (AvgIpc) is 2.58. The first kappa shape index (κ1) is 22.0. The van der Waals surface area contributed by atoms with Crippen LogP contribution in [0, 0.1) is 0 Å². The van der Waals surface area contributed by atoms with Gasteiger partial charge < -0.3 is 9.80 Å². The van der Waals surface area contributed by atoms with E-state index in [0.29, 0.717) is 6.54 Å². The quantitative estimate of drug-likeness (QED) is 0.639. The van der Waals surface area contributed by atoms with Crippen molar-refractivity contribution in [3.05, 3.63) is 0 Å². The minimum atomic E-state index is -7.32. The Hall–Kier alpha value is -1.34. The van der Waals surface area contributed by atoms with Crippen LogP contribution in [-0.2, 0) is 4.79 Å². The maximum Gasteiger partial charge on any atom is 0.384 e. The van der Waals surface area contributed by atoms with E-state index in [9.17, 15) is 53.1 Å². The van der Waals surface area contributed by atoms with Crippen molar-refractivity contribution in [2.24, 2.45) is 0 Å². The van der Waals surface area contributed by atoms with E-state index >= 15 is 0 Å². The molecule has 158 valence electrons. The summed E-state index contributed by atoms with van der Waals surface area (Å²) in [6, 6.07) is 0. The van der Waals surface area contributed by atoms with E-state index in [0.717, 1.165) is 0 Å². The second-order valence-corrected chi connectivity index (χ2v) is 6.26. The molecule has 0 aromatic carbocycles. The zero-order valence-electron chi connectivity index (χ0n) is 13.5. The van der Waals surface area contributed by atoms with Gasteiger partial charge in [-0.1, -0.05) is 6.92 Å². The summed E-state index contributed by atoms with van der Waals surface area (Å²) in [5.74, 6) is -39.2. The number of rotatable bonds is 2. The molecule has 27 heavy (non-hydrogen) atoms. The van der Waals surface area contributed by atoms with Crippen molar-refractivity contribution in [2.75, 3.05) is 32.7 Å². The molecule has 14 heteroatoms. The fourth-order valence-corrected chi connectivity index (χ4v) is 2.97. The Morgan fingerprint density at radius 2 is 1.00 bits per heavy atom. The number of alkyl halides is 11. The first-order valence-electron chi connectivity index (χ1n) is 7.54. The number of likely N-dealkylation sites (N-methyl/N-ethyl adjacent to an activating group) is 1. The molecule has 0 bridgehead atoms. The Morgan fingerprint density at radius 3 is 1.33 bits per heavy atom. The van der Waals surface area contributed by atoms with Crippen LogP contribution in [0.5, 0.6) is 0 Å². The molecule has 0 N–H and O–H groups in total. The first-order chi connectivity index (χ1) is 11.9. The largest absolute Gasteiger partial charge is 0.384 e. The normalized spacial score (nSPS) is 30.7. The summed E-state index contributed by atoms with van der Waals surface area (Å²) in [5, 5.41) is 0. The summed E-state index contributed by atoms with van der Waals surface area (Å²) in [7, 11) is 0. The van der Waals surface area contributed by atoms with Crippen molar-refractivity contribution < 1.29 is 53.1 Å². The van der Waals surface area contributed by atoms with E-state index in [4.69, 9.17) is 0 Å². The molecule has 0 aromatic heterocycles. The monoisotopic (exact) mass is 422 g/mol. The van der Waals surface area contributed by atoms with Gasteiger partial charge in [-0.05, 0) is 6.54 Å². The predicted molar refractivity (Wildman–Crippen MR) is 67.3 cm³/mol. The molecule has 0 unspecified atom stereocenters. The van der Waals surface area contributed by atoms with Crippen LogP contribution in [0.3, 0.4) is 0 Å². The highest BCUT2D eigenvalue weighted by Crippen LogP contribution is 2.69. The van der Waals surface area contributed by atoms with E-state index < -0.39 is 54.3 Å². The molecule has 3 nitrogen and oxygen atoms in total. The number of carbonyl (C=O) groups excluding carboxylic acids is 1. The van der Waals surface area contributed by atoms with Gasteiger partial charge in [0.05, 0.1) is 0 Å². The van der Waals surface area contributed by atoms with Crippen LogP contribution in [0.4, 0.5) is 48.3 Å². The summed E-state index contributed by atoms with van der Waals surface area (Å²) < 4.78 is 150. The van der Waals surface area contributed by atoms with E-state index in [1.807, 2.05) is 0 Å². The maximum atomic E-state index is 14.6. The lowest BCUT2D eigenvalue weighted by atomic mass is 9.71. The van der Waals surface area contributed by atoms with Crippen molar-refractivity contribution in [2.45, 2.75) is 42.2 Å². The third-order valence-corrected chi connectivity index (χ3v) is 4.84. The minimum Gasteiger partial charge on any atom is -0.337 e. The molecule has 0 radical (unpaired) electrons. The lowest BCUT2D eigenvalue weighted by molar-refractivity contribution is -0.477. The van der Waals surface area contributed by atoms with Crippen LogP contribution >= 0.6 is 0 Å². The number of carbonyl (C=O) groups is 1. The van der Waals surface area contributed by atoms with Gasteiger partial charge in [0.25, 0.3) is 5.91 Å². The van der Waals surface area contributed by atoms with E-state index in [2.05, 4.69) is 0 Å². The molecule has 2 aliphatic rings. The Labute approximate surface area is 145 Å². The number of hydrogen-bond acceptors (Lipinski definition) is 2. The molecule has 1 heterocycles. The van der Waals surface area contributed by atoms with Crippen LogP contribution < -0.4 is 0 Å².